The van der Waals surface area contributed by atoms with Crippen molar-refractivity contribution in [2.45, 2.75) is 6.92 Å². The summed E-state index contributed by atoms with van der Waals surface area (Å²) in [6, 6.07) is 0. The number of hydrogen-bond acceptors (Lipinski definition) is 2. The third-order valence-corrected chi connectivity index (χ3v) is 1.30. The van der Waals surface area contributed by atoms with Gasteiger partial charge in [-0.15, -0.1) is 11.6 Å². The molecule has 0 aliphatic carbocycles. The van der Waals surface area contributed by atoms with Crippen LogP contribution in [-0.2, 0) is 9.53 Å². The summed E-state index contributed by atoms with van der Waals surface area (Å²) in [5.41, 5.74) is 0. The summed E-state index contributed by atoms with van der Waals surface area (Å²) in [4.78, 5) is 10.4. The SMILES string of the molecule is COC(=O)C(C)CCl. The van der Waals surface area contributed by atoms with E-state index in [2.05, 4.69) is 4.74 Å². The number of ether oxygens (including phenoxy) is 1. The molecule has 48 valence electrons. The molecule has 0 radical (unpaired) electrons. The molecule has 0 aliphatic heterocycles. The molecule has 3 heteroatoms. The van der Waals surface area contributed by atoms with E-state index in [9.17, 15) is 4.79 Å². The Labute approximate surface area is 53.8 Å². The third-order valence-electron chi connectivity index (χ3n) is 0.835. The molecule has 8 heavy (non-hydrogen) atoms. The van der Waals surface area contributed by atoms with E-state index in [1.807, 2.05) is 0 Å². The topological polar surface area (TPSA) is 26.3 Å². The fourth-order valence-corrected chi connectivity index (χ4v) is 0.390. The lowest BCUT2D eigenvalue weighted by Gasteiger charge is -2.01. The van der Waals surface area contributed by atoms with Crippen molar-refractivity contribution in [3.63, 3.8) is 0 Å². The molecule has 0 fully saturated rings. The summed E-state index contributed by atoms with van der Waals surface area (Å²) in [6.45, 7) is 1.72. The largest absolute Gasteiger partial charge is 0.469 e. The van der Waals surface area contributed by atoms with Crippen molar-refractivity contribution >= 4 is 17.6 Å². The molecule has 0 spiro atoms. The predicted octanol–water partition coefficient (Wildman–Crippen LogP) is 1.03. The van der Waals surface area contributed by atoms with Gasteiger partial charge in [-0.05, 0) is 0 Å². The van der Waals surface area contributed by atoms with Crippen molar-refractivity contribution in [3.05, 3.63) is 0 Å². The summed E-state index contributed by atoms with van der Waals surface area (Å²) in [5, 5.41) is 0. The molecule has 1 unspecified atom stereocenters. The van der Waals surface area contributed by atoms with Crippen LogP contribution in [0.5, 0.6) is 0 Å². The van der Waals surface area contributed by atoms with Gasteiger partial charge in [0.1, 0.15) is 0 Å². The van der Waals surface area contributed by atoms with Crippen molar-refractivity contribution in [2.24, 2.45) is 5.92 Å². The van der Waals surface area contributed by atoms with E-state index >= 15 is 0 Å². The maximum atomic E-state index is 10.4. The summed E-state index contributed by atoms with van der Waals surface area (Å²) < 4.78 is 4.38. The summed E-state index contributed by atoms with van der Waals surface area (Å²) >= 11 is 5.32. The van der Waals surface area contributed by atoms with E-state index in [0.717, 1.165) is 0 Å². The lowest BCUT2D eigenvalue weighted by molar-refractivity contribution is -0.144. The van der Waals surface area contributed by atoms with E-state index in [1.165, 1.54) is 7.11 Å². The van der Waals surface area contributed by atoms with Crippen molar-refractivity contribution < 1.29 is 9.53 Å². The van der Waals surface area contributed by atoms with Crippen LogP contribution >= 0.6 is 11.6 Å². The van der Waals surface area contributed by atoms with Gasteiger partial charge < -0.3 is 4.74 Å². The molecular formula is C5H9ClO2. The maximum Gasteiger partial charge on any atom is 0.309 e. The zero-order valence-corrected chi connectivity index (χ0v) is 5.73. The van der Waals surface area contributed by atoms with Crippen LogP contribution in [0.15, 0.2) is 0 Å². The Morgan fingerprint density at radius 3 is 2.50 bits per heavy atom. The molecule has 1 atom stereocenters. The number of carbonyl (C=O) groups is 1. The second-order valence-electron chi connectivity index (χ2n) is 1.58. The summed E-state index contributed by atoms with van der Waals surface area (Å²) in [5.74, 6) is -0.103. The molecule has 0 N–H and O–H groups in total. The van der Waals surface area contributed by atoms with Gasteiger partial charge >= 0.3 is 5.97 Å². The Kier molecular flexibility index (Phi) is 3.61. The summed E-state index contributed by atoms with van der Waals surface area (Å²) in [6.07, 6.45) is 0. The van der Waals surface area contributed by atoms with Gasteiger partial charge in [0, 0.05) is 5.88 Å². The molecule has 0 saturated carbocycles. The Bertz CT molecular complexity index is 82.5. The van der Waals surface area contributed by atoms with Crippen molar-refractivity contribution in [2.75, 3.05) is 13.0 Å². The average Bonchev–Trinajstić information content (AvgIpc) is 1.84. The number of methoxy groups -OCH3 is 1. The zero-order valence-electron chi connectivity index (χ0n) is 4.98. The van der Waals surface area contributed by atoms with Crippen molar-refractivity contribution in [1.82, 2.24) is 0 Å². The Morgan fingerprint density at radius 2 is 2.38 bits per heavy atom. The van der Waals surface area contributed by atoms with Gasteiger partial charge in [0.15, 0.2) is 0 Å². The molecule has 0 bridgehead atoms. The normalized spacial score (nSPS) is 12.9. The number of carbonyl (C=O) groups excluding carboxylic acids is 1. The van der Waals surface area contributed by atoms with Gasteiger partial charge in [-0.2, -0.15) is 0 Å². The molecule has 0 amide bonds. The molecule has 0 aromatic rings. The number of alkyl halides is 1. The van der Waals surface area contributed by atoms with Gasteiger partial charge in [-0.3, -0.25) is 4.79 Å². The fourth-order valence-electron chi connectivity index (χ4n) is 0.264. The third kappa shape index (κ3) is 2.17. The van der Waals surface area contributed by atoms with Crippen LogP contribution in [0, 0.1) is 5.92 Å². The van der Waals surface area contributed by atoms with Gasteiger partial charge in [0.25, 0.3) is 0 Å². The van der Waals surface area contributed by atoms with E-state index < -0.39 is 0 Å². The summed E-state index contributed by atoms with van der Waals surface area (Å²) in [7, 11) is 1.35. The zero-order chi connectivity index (χ0) is 6.57. The smallest absolute Gasteiger partial charge is 0.309 e. The van der Waals surface area contributed by atoms with Crippen LogP contribution in [0.1, 0.15) is 6.92 Å². The Morgan fingerprint density at radius 1 is 1.88 bits per heavy atom. The quantitative estimate of drug-likeness (QED) is 0.419. The fraction of sp³-hybridized carbons (Fsp3) is 0.800. The first-order chi connectivity index (χ1) is 3.72. The first-order valence-electron chi connectivity index (χ1n) is 2.36. The molecule has 0 aromatic heterocycles. The minimum absolute atomic E-state index is 0.179. The highest BCUT2D eigenvalue weighted by Gasteiger charge is 2.09. The highest BCUT2D eigenvalue weighted by Crippen LogP contribution is 1.98. The lowest BCUT2D eigenvalue weighted by Crippen LogP contribution is -2.13. The first kappa shape index (κ1) is 7.76. The van der Waals surface area contributed by atoms with Crippen LogP contribution in [-0.4, -0.2) is 19.0 Å². The first-order valence-corrected chi connectivity index (χ1v) is 2.89. The number of hydrogen-bond donors (Lipinski definition) is 0. The van der Waals surface area contributed by atoms with E-state index in [4.69, 9.17) is 11.6 Å². The molecule has 2 nitrogen and oxygen atoms in total. The second kappa shape index (κ2) is 3.72. The number of esters is 1. The minimum atomic E-state index is -0.250. The molecule has 0 aliphatic rings. The Balaban J connectivity index is 3.46. The minimum Gasteiger partial charge on any atom is -0.469 e. The molecular weight excluding hydrogens is 128 g/mol. The van der Waals surface area contributed by atoms with Crippen LogP contribution in [0.4, 0.5) is 0 Å². The Hall–Kier alpha value is -0.240. The van der Waals surface area contributed by atoms with Crippen molar-refractivity contribution in [3.8, 4) is 0 Å². The van der Waals surface area contributed by atoms with E-state index in [1.54, 1.807) is 6.92 Å². The van der Waals surface area contributed by atoms with Crippen LogP contribution in [0.2, 0.25) is 0 Å². The van der Waals surface area contributed by atoms with Crippen molar-refractivity contribution in [1.29, 1.82) is 0 Å². The number of halogens is 1. The second-order valence-corrected chi connectivity index (χ2v) is 1.89. The van der Waals surface area contributed by atoms with Gasteiger partial charge in [-0.1, -0.05) is 6.92 Å². The molecule has 0 saturated heterocycles. The molecule has 0 rings (SSSR count). The monoisotopic (exact) mass is 136 g/mol. The van der Waals surface area contributed by atoms with Gasteiger partial charge in [-0.25, -0.2) is 0 Å². The standard InChI is InChI=1S/C5H9ClO2/c1-4(3-6)5(7)8-2/h4H,3H2,1-2H3. The van der Waals surface area contributed by atoms with Crippen LogP contribution < -0.4 is 0 Å². The lowest BCUT2D eigenvalue weighted by atomic mass is 10.2. The van der Waals surface area contributed by atoms with Crippen LogP contribution in [0.3, 0.4) is 0 Å². The van der Waals surface area contributed by atoms with E-state index in [0.29, 0.717) is 5.88 Å². The van der Waals surface area contributed by atoms with Gasteiger partial charge in [0.2, 0.25) is 0 Å². The van der Waals surface area contributed by atoms with Gasteiger partial charge in [0.05, 0.1) is 13.0 Å². The maximum absolute atomic E-state index is 10.4. The predicted molar refractivity (Wildman–Crippen MR) is 31.9 cm³/mol. The average molecular weight is 137 g/mol. The van der Waals surface area contributed by atoms with Crippen LogP contribution in [0.25, 0.3) is 0 Å². The molecule has 0 heterocycles. The number of rotatable bonds is 2. The highest BCUT2D eigenvalue weighted by molar-refractivity contribution is 6.19. The molecule has 0 aromatic carbocycles. The van der Waals surface area contributed by atoms with E-state index in [-0.39, 0.29) is 11.9 Å². The highest BCUT2D eigenvalue weighted by atomic mass is 35.5.